The maximum Gasteiger partial charge on any atom is 0.133 e. The summed E-state index contributed by atoms with van der Waals surface area (Å²) in [7, 11) is 0. The standard InChI is InChI=1S/C7H4ClNS2/c8-6-2-1-5(11-6)7-9-3-4-10-7/h1-4H. The van der Waals surface area contributed by atoms with E-state index in [9.17, 15) is 0 Å². The fraction of sp³-hybridized carbons (Fsp3) is 0. The van der Waals surface area contributed by atoms with Gasteiger partial charge >= 0.3 is 0 Å². The predicted molar refractivity (Wildman–Crippen MR) is 50.4 cm³/mol. The minimum atomic E-state index is 0.815. The summed E-state index contributed by atoms with van der Waals surface area (Å²) in [5.74, 6) is 0. The lowest BCUT2D eigenvalue weighted by Gasteiger charge is -1.83. The van der Waals surface area contributed by atoms with Gasteiger partial charge in [-0.1, -0.05) is 11.6 Å². The Labute approximate surface area is 77.3 Å². The predicted octanol–water partition coefficient (Wildman–Crippen LogP) is 3.53. The third-order valence-electron chi connectivity index (χ3n) is 1.22. The Morgan fingerprint density at radius 1 is 1.36 bits per heavy atom. The van der Waals surface area contributed by atoms with E-state index in [4.69, 9.17) is 11.6 Å². The molecule has 0 aliphatic heterocycles. The zero-order chi connectivity index (χ0) is 7.68. The molecule has 0 radical (unpaired) electrons. The highest BCUT2D eigenvalue weighted by molar-refractivity contribution is 7.23. The summed E-state index contributed by atoms with van der Waals surface area (Å²) in [5.41, 5.74) is 0. The lowest BCUT2D eigenvalue weighted by molar-refractivity contribution is 1.43. The molecule has 2 heterocycles. The van der Waals surface area contributed by atoms with Gasteiger partial charge in [0.1, 0.15) is 5.01 Å². The van der Waals surface area contributed by atoms with E-state index in [0.717, 1.165) is 14.2 Å². The van der Waals surface area contributed by atoms with E-state index in [0.29, 0.717) is 0 Å². The highest BCUT2D eigenvalue weighted by Gasteiger charge is 2.02. The summed E-state index contributed by atoms with van der Waals surface area (Å²) in [6, 6.07) is 3.88. The summed E-state index contributed by atoms with van der Waals surface area (Å²) in [4.78, 5) is 5.31. The first-order valence-electron chi connectivity index (χ1n) is 3.01. The first-order chi connectivity index (χ1) is 5.36. The average Bonchev–Trinajstić information content (AvgIpc) is 2.55. The number of nitrogens with zero attached hydrogens (tertiary/aromatic N) is 1. The number of hydrogen-bond acceptors (Lipinski definition) is 3. The molecular weight excluding hydrogens is 198 g/mol. The smallest absolute Gasteiger partial charge is 0.133 e. The molecule has 2 aromatic heterocycles. The van der Waals surface area contributed by atoms with Crippen LogP contribution in [0.25, 0.3) is 9.88 Å². The number of aromatic nitrogens is 1. The molecule has 2 rings (SSSR count). The van der Waals surface area contributed by atoms with E-state index >= 15 is 0 Å². The van der Waals surface area contributed by atoms with E-state index < -0.39 is 0 Å². The van der Waals surface area contributed by atoms with Crippen LogP contribution in [-0.2, 0) is 0 Å². The van der Waals surface area contributed by atoms with Gasteiger partial charge in [-0.2, -0.15) is 0 Å². The van der Waals surface area contributed by atoms with Crippen molar-refractivity contribution in [1.82, 2.24) is 4.98 Å². The van der Waals surface area contributed by atoms with Gasteiger partial charge in [-0.05, 0) is 12.1 Å². The largest absolute Gasteiger partial charge is 0.244 e. The molecule has 0 saturated carbocycles. The van der Waals surface area contributed by atoms with Gasteiger partial charge in [0.25, 0.3) is 0 Å². The lowest BCUT2D eigenvalue weighted by atomic mass is 10.5. The second-order valence-corrected chi connectivity index (χ2v) is 4.55. The molecule has 0 aliphatic carbocycles. The van der Waals surface area contributed by atoms with Crippen LogP contribution < -0.4 is 0 Å². The van der Waals surface area contributed by atoms with Gasteiger partial charge in [-0.3, -0.25) is 0 Å². The maximum absolute atomic E-state index is 5.77. The highest BCUT2D eigenvalue weighted by atomic mass is 35.5. The summed E-state index contributed by atoms with van der Waals surface area (Å²) >= 11 is 8.96. The van der Waals surface area contributed by atoms with Gasteiger partial charge in [0.15, 0.2) is 0 Å². The fourth-order valence-corrected chi connectivity index (χ4v) is 2.53. The van der Waals surface area contributed by atoms with Crippen molar-refractivity contribution in [3.63, 3.8) is 0 Å². The Balaban J connectivity index is 2.45. The van der Waals surface area contributed by atoms with E-state index in [1.807, 2.05) is 17.5 Å². The number of thiazole rings is 1. The van der Waals surface area contributed by atoms with Gasteiger partial charge in [0, 0.05) is 11.6 Å². The Morgan fingerprint density at radius 2 is 2.27 bits per heavy atom. The molecule has 4 heteroatoms. The molecule has 0 spiro atoms. The van der Waals surface area contributed by atoms with Crippen molar-refractivity contribution < 1.29 is 0 Å². The molecule has 2 aromatic rings. The summed E-state index contributed by atoms with van der Waals surface area (Å²) in [6.07, 6.45) is 1.80. The van der Waals surface area contributed by atoms with Gasteiger partial charge in [0.2, 0.25) is 0 Å². The van der Waals surface area contributed by atoms with Gasteiger partial charge in [-0.25, -0.2) is 4.98 Å². The molecular formula is C7H4ClNS2. The van der Waals surface area contributed by atoms with Gasteiger partial charge in [-0.15, -0.1) is 22.7 Å². The van der Waals surface area contributed by atoms with Crippen LogP contribution in [-0.4, -0.2) is 4.98 Å². The van der Waals surface area contributed by atoms with E-state index in [2.05, 4.69) is 4.98 Å². The molecule has 0 unspecified atom stereocenters. The van der Waals surface area contributed by atoms with Crippen molar-refractivity contribution in [3.8, 4) is 9.88 Å². The SMILES string of the molecule is Clc1ccc(-c2nccs2)s1. The Hall–Kier alpha value is -0.380. The van der Waals surface area contributed by atoms with Crippen molar-refractivity contribution in [2.24, 2.45) is 0 Å². The molecule has 1 nitrogen and oxygen atoms in total. The zero-order valence-electron chi connectivity index (χ0n) is 5.45. The Morgan fingerprint density at radius 3 is 2.82 bits per heavy atom. The Kier molecular flexibility index (Phi) is 1.94. The summed E-state index contributed by atoms with van der Waals surface area (Å²) in [6.45, 7) is 0. The third kappa shape index (κ3) is 1.45. The molecule has 0 saturated heterocycles. The van der Waals surface area contributed by atoms with Crippen LogP contribution in [0.5, 0.6) is 0 Å². The Bertz CT molecular complexity index is 339. The molecule has 0 bridgehead atoms. The monoisotopic (exact) mass is 201 g/mol. The molecule has 56 valence electrons. The normalized spacial score (nSPS) is 10.3. The topological polar surface area (TPSA) is 12.9 Å². The lowest BCUT2D eigenvalue weighted by Crippen LogP contribution is -1.63. The van der Waals surface area contributed by atoms with Crippen molar-refractivity contribution >= 4 is 34.3 Å². The average molecular weight is 202 g/mol. The van der Waals surface area contributed by atoms with Crippen molar-refractivity contribution in [1.29, 1.82) is 0 Å². The maximum atomic E-state index is 5.77. The van der Waals surface area contributed by atoms with Crippen LogP contribution in [0.3, 0.4) is 0 Å². The van der Waals surface area contributed by atoms with Gasteiger partial charge < -0.3 is 0 Å². The molecule has 0 amide bonds. The van der Waals surface area contributed by atoms with Crippen LogP contribution in [0.15, 0.2) is 23.7 Å². The molecule has 0 N–H and O–H groups in total. The van der Waals surface area contributed by atoms with E-state index in [1.54, 1.807) is 28.9 Å². The van der Waals surface area contributed by atoms with E-state index in [1.165, 1.54) is 0 Å². The minimum absolute atomic E-state index is 0.815. The quantitative estimate of drug-likeness (QED) is 0.688. The number of thiophene rings is 1. The van der Waals surface area contributed by atoms with Crippen LogP contribution in [0.1, 0.15) is 0 Å². The second-order valence-electron chi connectivity index (χ2n) is 1.94. The van der Waals surface area contributed by atoms with Gasteiger partial charge in [0.05, 0.1) is 9.21 Å². The molecule has 0 fully saturated rings. The molecule has 11 heavy (non-hydrogen) atoms. The minimum Gasteiger partial charge on any atom is -0.244 e. The van der Waals surface area contributed by atoms with Crippen molar-refractivity contribution in [2.75, 3.05) is 0 Å². The van der Waals surface area contributed by atoms with Crippen LogP contribution in [0.2, 0.25) is 4.34 Å². The summed E-state index contributed by atoms with van der Waals surface area (Å²) in [5, 5.41) is 3.00. The number of halogens is 1. The number of rotatable bonds is 1. The first-order valence-corrected chi connectivity index (χ1v) is 5.09. The zero-order valence-corrected chi connectivity index (χ0v) is 7.84. The third-order valence-corrected chi connectivity index (χ3v) is 3.39. The van der Waals surface area contributed by atoms with Crippen LogP contribution in [0.4, 0.5) is 0 Å². The van der Waals surface area contributed by atoms with Crippen molar-refractivity contribution in [3.05, 3.63) is 28.0 Å². The molecule has 0 atom stereocenters. The van der Waals surface area contributed by atoms with Crippen molar-refractivity contribution in [2.45, 2.75) is 0 Å². The first kappa shape index (κ1) is 7.28. The fourth-order valence-electron chi connectivity index (χ4n) is 0.774. The summed E-state index contributed by atoms with van der Waals surface area (Å²) < 4.78 is 0.815. The second kappa shape index (κ2) is 2.93. The molecule has 0 aromatic carbocycles. The van der Waals surface area contributed by atoms with E-state index in [-0.39, 0.29) is 0 Å². The highest BCUT2D eigenvalue weighted by Crippen LogP contribution is 2.31. The molecule has 0 aliphatic rings. The number of hydrogen-bond donors (Lipinski definition) is 0. The van der Waals surface area contributed by atoms with Crippen LogP contribution in [0, 0.1) is 0 Å². The van der Waals surface area contributed by atoms with Crippen LogP contribution >= 0.6 is 34.3 Å².